The lowest BCUT2D eigenvalue weighted by Crippen LogP contribution is -2.27. The Balaban J connectivity index is 2.49. The lowest BCUT2D eigenvalue weighted by molar-refractivity contribution is 0.475. The number of benzene rings is 2. The van der Waals surface area contributed by atoms with Crippen molar-refractivity contribution >= 4 is 27.3 Å². The zero-order valence-corrected chi connectivity index (χ0v) is 12.0. The third kappa shape index (κ3) is 2.71. The average Bonchev–Trinajstić information content (AvgIpc) is 2.41. The number of nitrogens with zero attached hydrogens (tertiary/aromatic N) is 1. The first-order chi connectivity index (χ1) is 9.32. The molecule has 106 valence electrons. The van der Waals surface area contributed by atoms with Crippen LogP contribution in [-0.4, -0.2) is 20.6 Å². The lowest BCUT2D eigenvalue weighted by Gasteiger charge is -2.20. The molecule has 0 aliphatic heterocycles. The molecule has 2 aromatic rings. The molecule has 0 spiro atoms. The van der Waals surface area contributed by atoms with Crippen LogP contribution in [0.4, 0.5) is 10.1 Å². The minimum atomic E-state index is -4.07. The standard InChI is InChI=1S/C13H11ClFNO3S/c1-16(10-3-5-11(17)6-4-10)20(18,19)13-8-9(14)2-7-12(13)15/h2-8,17H,1H3. The Labute approximate surface area is 121 Å². The van der Waals surface area contributed by atoms with Crippen molar-refractivity contribution in [3.8, 4) is 5.75 Å². The summed E-state index contributed by atoms with van der Waals surface area (Å²) in [6.45, 7) is 0. The predicted molar refractivity (Wildman–Crippen MR) is 75.1 cm³/mol. The van der Waals surface area contributed by atoms with Crippen molar-refractivity contribution in [2.24, 2.45) is 0 Å². The summed E-state index contributed by atoms with van der Waals surface area (Å²) in [5, 5.41) is 9.32. The van der Waals surface area contributed by atoms with Crippen molar-refractivity contribution in [2.75, 3.05) is 11.4 Å². The van der Waals surface area contributed by atoms with Gasteiger partial charge in [-0.15, -0.1) is 0 Å². The van der Waals surface area contributed by atoms with Gasteiger partial charge >= 0.3 is 0 Å². The van der Waals surface area contributed by atoms with Crippen LogP contribution in [0.15, 0.2) is 47.4 Å². The van der Waals surface area contributed by atoms with Crippen LogP contribution >= 0.6 is 11.6 Å². The summed E-state index contributed by atoms with van der Waals surface area (Å²) in [7, 11) is -2.77. The highest BCUT2D eigenvalue weighted by Gasteiger charge is 2.25. The van der Waals surface area contributed by atoms with Gasteiger partial charge in [0.15, 0.2) is 0 Å². The van der Waals surface area contributed by atoms with Crippen molar-refractivity contribution in [3.05, 3.63) is 53.3 Å². The fourth-order valence-electron chi connectivity index (χ4n) is 1.62. The van der Waals surface area contributed by atoms with Crippen LogP contribution < -0.4 is 4.31 Å². The number of hydrogen-bond acceptors (Lipinski definition) is 3. The first kappa shape index (κ1) is 14.6. The molecule has 0 unspecified atom stereocenters. The fourth-order valence-corrected chi connectivity index (χ4v) is 3.15. The number of rotatable bonds is 3. The lowest BCUT2D eigenvalue weighted by atomic mass is 10.3. The maximum absolute atomic E-state index is 13.7. The van der Waals surface area contributed by atoms with Gasteiger partial charge in [0.1, 0.15) is 16.5 Å². The van der Waals surface area contributed by atoms with E-state index in [1.807, 2.05) is 0 Å². The molecular formula is C13H11ClFNO3S. The Morgan fingerprint density at radius 3 is 2.35 bits per heavy atom. The fraction of sp³-hybridized carbons (Fsp3) is 0.0769. The van der Waals surface area contributed by atoms with Crippen LogP contribution in [0, 0.1) is 5.82 Å². The molecule has 7 heteroatoms. The van der Waals surface area contributed by atoms with Gasteiger partial charge in [0, 0.05) is 12.1 Å². The minimum Gasteiger partial charge on any atom is -0.508 e. The predicted octanol–water partition coefficient (Wildman–Crippen LogP) is 3.01. The van der Waals surface area contributed by atoms with Crippen LogP contribution in [0.2, 0.25) is 5.02 Å². The van der Waals surface area contributed by atoms with Crippen molar-refractivity contribution in [1.82, 2.24) is 0 Å². The monoisotopic (exact) mass is 315 g/mol. The first-order valence-electron chi connectivity index (χ1n) is 5.55. The smallest absolute Gasteiger partial charge is 0.267 e. The number of phenolic OH excluding ortho intramolecular Hbond substituents is 1. The second-order valence-corrected chi connectivity index (χ2v) is 6.44. The van der Waals surface area contributed by atoms with Crippen LogP contribution in [0.1, 0.15) is 0 Å². The molecule has 0 aliphatic rings. The molecule has 0 amide bonds. The Morgan fingerprint density at radius 2 is 1.75 bits per heavy atom. The normalized spacial score (nSPS) is 11.3. The maximum Gasteiger partial charge on any atom is 0.267 e. The van der Waals surface area contributed by atoms with E-state index < -0.39 is 20.7 Å². The number of hydrogen-bond donors (Lipinski definition) is 1. The molecule has 0 aliphatic carbocycles. The third-order valence-electron chi connectivity index (χ3n) is 2.75. The van der Waals surface area contributed by atoms with Crippen LogP contribution in [0.3, 0.4) is 0 Å². The summed E-state index contributed by atoms with van der Waals surface area (Å²) in [5.74, 6) is -0.867. The Bertz CT molecular complexity index is 732. The van der Waals surface area contributed by atoms with E-state index in [1.165, 1.54) is 37.4 Å². The molecule has 20 heavy (non-hydrogen) atoms. The third-order valence-corrected chi connectivity index (χ3v) is 4.78. The largest absolute Gasteiger partial charge is 0.508 e. The van der Waals surface area contributed by atoms with Crippen LogP contribution in [0.25, 0.3) is 0 Å². The van der Waals surface area contributed by atoms with Gasteiger partial charge in [0.05, 0.1) is 5.69 Å². The second kappa shape index (κ2) is 5.30. The van der Waals surface area contributed by atoms with Gasteiger partial charge in [0.25, 0.3) is 10.0 Å². The molecule has 0 heterocycles. The van der Waals surface area contributed by atoms with Crippen molar-refractivity contribution in [1.29, 1.82) is 0 Å². The summed E-state index contributed by atoms with van der Waals surface area (Å²) in [6.07, 6.45) is 0. The highest BCUT2D eigenvalue weighted by Crippen LogP contribution is 2.27. The van der Waals surface area contributed by atoms with Crippen LogP contribution in [0.5, 0.6) is 5.75 Å². The number of anilines is 1. The van der Waals surface area contributed by atoms with Gasteiger partial charge in [-0.2, -0.15) is 0 Å². The molecule has 1 N–H and O–H groups in total. The van der Waals surface area contributed by atoms with E-state index in [9.17, 15) is 17.9 Å². The molecule has 2 aromatic carbocycles. The van der Waals surface area contributed by atoms with Crippen molar-refractivity contribution in [3.63, 3.8) is 0 Å². The number of phenols is 1. The summed E-state index contributed by atoms with van der Waals surface area (Å²) < 4.78 is 39.3. The maximum atomic E-state index is 13.7. The highest BCUT2D eigenvalue weighted by atomic mass is 35.5. The molecule has 2 rings (SSSR count). The summed E-state index contributed by atoms with van der Waals surface area (Å²) in [5.41, 5.74) is 0.294. The molecule has 4 nitrogen and oxygen atoms in total. The van der Waals surface area contributed by atoms with Gasteiger partial charge in [-0.05, 0) is 42.5 Å². The van der Waals surface area contributed by atoms with Gasteiger partial charge in [-0.1, -0.05) is 11.6 Å². The molecule has 0 aromatic heterocycles. The zero-order valence-electron chi connectivity index (χ0n) is 10.4. The van der Waals surface area contributed by atoms with Crippen molar-refractivity contribution < 1.29 is 17.9 Å². The van der Waals surface area contributed by atoms with E-state index in [0.717, 1.165) is 16.4 Å². The zero-order chi connectivity index (χ0) is 14.9. The Kier molecular flexibility index (Phi) is 3.87. The summed E-state index contributed by atoms with van der Waals surface area (Å²) >= 11 is 5.71. The Morgan fingerprint density at radius 1 is 1.15 bits per heavy atom. The molecule has 0 radical (unpaired) electrons. The van der Waals surface area contributed by atoms with Gasteiger partial charge in [0.2, 0.25) is 0 Å². The molecular weight excluding hydrogens is 305 g/mol. The van der Waals surface area contributed by atoms with E-state index in [-0.39, 0.29) is 10.8 Å². The quantitative estimate of drug-likeness (QED) is 0.947. The van der Waals surface area contributed by atoms with Crippen LogP contribution in [-0.2, 0) is 10.0 Å². The number of aromatic hydroxyl groups is 1. The summed E-state index contributed by atoms with van der Waals surface area (Å²) in [6, 6.07) is 8.84. The average molecular weight is 316 g/mol. The second-order valence-electron chi connectivity index (χ2n) is 4.06. The van der Waals surface area contributed by atoms with E-state index in [0.29, 0.717) is 5.69 Å². The highest BCUT2D eigenvalue weighted by molar-refractivity contribution is 7.92. The van der Waals surface area contributed by atoms with Gasteiger partial charge in [-0.3, -0.25) is 4.31 Å². The first-order valence-corrected chi connectivity index (χ1v) is 7.37. The van der Waals surface area contributed by atoms with Gasteiger partial charge < -0.3 is 5.11 Å². The molecule has 0 saturated heterocycles. The van der Waals surface area contributed by atoms with Crippen molar-refractivity contribution in [2.45, 2.75) is 4.90 Å². The molecule has 0 atom stereocenters. The Hall–Kier alpha value is -1.79. The number of sulfonamides is 1. The minimum absolute atomic E-state index is 0.00786. The van der Waals surface area contributed by atoms with Gasteiger partial charge in [-0.25, -0.2) is 12.8 Å². The number of halogens is 2. The van der Waals surface area contributed by atoms with E-state index in [4.69, 9.17) is 11.6 Å². The summed E-state index contributed by atoms with van der Waals surface area (Å²) in [4.78, 5) is -0.499. The topological polar surface area (TPSA) is 57.6 Å². The van der Waals surface area contributed by atoms with E-state index in [1.54, 1.807) is 0 Å². The SMILES string of the molecule is CN(c1ccc(O)cc1)S(=O)(=O)c1cc(Cl)ccc1F. The molecule has 0 fully saturated rings. The molecule has 0 bridgehead atoms. The van der Waals surface area contributed by atoms with E-state index in [2.05, 4.69) is 0 Å². The molecule has 0 saturated carbocycles. The van der Waals surface area contributed by atoms with E-state index >= 15 is 0 Å².